The van der Waals surface area contributed by atoms with Crippen LogP contribution < -0.4 is 0 Å². The Morgan fingerprint density at radius 1 is 1.14 bits per heavy atom. The molecule has 1 saturated heterocycles. The van der Waals surface area contributed by atoms with Gasteiger partial charge in [0.2, 0.25) is 0 Å². The van der Waals surface area contributed by atoms with E-state index in [9.17, 15) is 15.0 Å². The minimum absolute atomic E-state index is 0.0863. The molecule has 0 spiro atoms. The Morgan fingerprint density at radius 2 is 1.97 bits per heavy atom. The van der Waals surface area contributed by atoms with E-state index in [0.29, 0.717) is 25.4 Å². The number of cyclic esters (lactones) is 1. The maximum absolute atomic E-state index is 12.6. The van der Waals surface area contributed by atoms with Gasteiger partial charge < -0.3 is 29.2 Å². The predicted molar refractivity (Wildman–Crippen MR) is 141 cm³/mol. The van der Waals surface area contributed by atoms with E-state index in [-0.39, 0.29) is 36.9 Å². The molecule has 2 bridgehead atoms. The Labute approximate surface area is 220 Å². The number of fused-ring (bicyclic) bond motifs is 3. The summed E-state index contributed by atoms with van der Waals surface area (Å²) in [5.74, 6) is -0.141. The molecule has 0 radical (unpaired) electrons. The molecule has 0 aromatic rings. The first-order valence-electron chi connectivity index (χ1n) is 13.6. The van der Waals surface area contributed by atoms with Gasteiger partial charge in [-0.25, -0.2) is 4.79 Å². The van der Waals surface area contributed by atoms with Crippen molar-refractivity contribution in [2.45, 2.75) is 108 Å². The zero-order valence-electron chi connectivity index (χ0n) is 22.0. The molecule has 2 N–H and O–H groups in total. The molecule has 7 nitrogen and oxygen atoms in total. The van der Waals surface area contributed by atoms with Gasteiger partial charge in [-0.15, -0.1) is 0 Å². The van der Waals surface area contributed by atoms with E-state index in [4.69, 9.17) is 18.9 Å². The lowest BCUT2D eigenvalue weighted by molar-refractivity contribution is -0.148. The zero-order valence-corrected chi connectivity index (χ0v) is 22.0. The van der Waals surface area contributed by atoms with Crippen LogP contribution in [-0.4, -0.2) is 71.6 Å². The van der Waals surface area contributed by atoms with E-state index in [1.165, 1.54) is 11.6 Å². The number of rotatable bonds is 3. The number of epoxide rings is 1. The van der Waals surface area contributed by atoms with Crippen molar-refractivity contribution in [3.63, 3.8) is 0 Å². The molecule has 204 valence electrons. The summed E-state index contributed by atoms with van der Waals surface area (Å²) in [4.78, 5) is 12.6. The molecule has 4 aliphatic rings. The van der Waals surface area contributed by atoms with Crippen LogP contribution in [0.1, 0.15) is 58.8 Å². The Hall–Kier alpha value is -2.03. The lowest BCUT2D eigenvalue weighted by Crippen LogP contribution is -2.32. The summed E-state index contributed by atoms with van der Waals surface area (Å²) in [5.41, 5.74) is 2.23. The minimum atomic E-state index is -1.03. The highest BCUT2D eigenvalue weighted by atomic mass is 16.6. The number of aliphatic hydroxyl groups is 2. The van der Waals surface area contributed by atoms with E-state index in [1.54, 1.807) is 12.2 Å². The molecule has 9 atom stereocenters. The van der Waals surface area contributed by atoms with E-state index in [2.05, 4.69) is 26.5 Å². The van der Waals surface area contributed by atoms with Crippen LogP contribution in [0.2, 0.25) is 0 Å². The lowest BCUT2D eigenvalue weighted by Gasteiger charge is -2.28. The molecule has 0 aliphatic carbocycles. The van der Waals surface area contributed by atoms with E-state index < -0.39 is 24.3 Å². The Balaban J connectivity index is 1.44. The van der Waals surface area contributed by atoms with Crippen LogP contribution in [0.3, 0.4) is 0 Å². The summed E-state index contributed by atoms with van der Waals surface area (Å²) in [5, 5.41) is 21.7. The topological polar surface area (TPSA) is 97.8 Å². The molecule has 0 amide bonds. The van der Waals surface area contributed by atoms with Crippen LogP contribution in [0.5, 0.6) is 0 Å². The van der Waals surface area contributed by atoms with Gasteiger partial charge in [0, 0.05) is 12.5 Å². The van der Waals surface area contributed by atoms with Crippen molar-refractivity contribution in [3.8, 4) is 0 Å². The first-order chi connectivity index (χ1) is 17.8. The minimum Gasteiger partial charge on any atom is -0.456 e. The Bertz CT molecular complexity index is 919. The normalized spacial score (nSPS) is 39.6. The summed E-state index contributed by atoms with van der Waals surface area (Å²) in [6, 6.07) is 0. The average molecular weight is 515 g/mol. The van der Waals surface area contributed by atoms with Crippen molar-refractivity contribution in [3.05, 3.63) is 60.3 Å². The summed E-state index contributed by atoms with van der Waals surface area (Å²) in [6.45, 7) is 8.98. The Morgan fingerprint density at radius 3 is 2.78 bits per heavy atom. The van der Waals surface area contributed by atoms with Gasteiger partial charge in [0.25, 0.3) is 0 Å². The van der Waals surface area contributed by atoms with Crippen molar-refractivity contribution in [1.82, 2.24) is 0 Å². The van der Waals surface area contributed by atoms with Crippen molar-refractivity contribution in [1.29, 1.82) is 0 Å². The number of esters is 1. The second kappa shape index (κ2) is 13.2. The van der Waals surface area contributed by atoms with Crippen molar-refractivity contribution >= 4 is 5.97 Å². The van der Waals surface area contributed by atoms with Gasteiger partial charge in [0.1, 0.15) is 18.3 Å². The summed E-state index contributed by atoms with van der Waals surface area (Å²) in [6.07, 6.45) is 14.3. The van der Waals surface area contributed by atoms with Crippen molar-refractivity contribution in [2.75, 3.05) is 6.61 Å². The fourth-order valence-electron chi connectivity index (χ4n) is 5.45. The van der Waals surface area contributed by atoms with Crippen LogP contribution in [0.25, 0.3) is 0 Å². The lowest BCUT2D eigenvalue weighted by atomic mass is 9.91. The predicted octanol–water partition coefficient (Wildman–Crippen LogP) is 4.11. The van der Waals surface area contributed by atoms with E-state index >= 15 is 0 Å². The van der Waals surface area contributed by atoms with Gasteiger partial charge in [-0.3, -0.25) is 0 Å². The van der Waals surface area contributed by atoms with Gasteiger partial charge in [-0.05, 0) is 51.4 Å². The number of hydrogen-bond donors (Lipinski definition) is 2. The summed E-state index contributed by atoms with van der Waals surface area (Å²) < 4.78 is 23.4. The number of hydrogen-bond acceptors (Lipinski definition) is 7. The van der Waals surface area contributed by atoms with Gasteiger partial charge in [0.15, 0.2) is 0 Å². The summed E-state index contributed by atoms with van der Waals surface area (Å²) in [7, 11) is 0. The summed E-state index contributed by atoms with van der Waals surface area (Å²) >= 11 is 0. The zero-order chi connectivity index (χ0) is 26.4. The fraction of sp³-hybridized carbons (Fsp3) is 0.633. The van der Waals surface area contributed by atoms with E-state index in [1.807, 2.05) is 18.2 Å². The molecular formula is C30H42O7. The van der Waals surface area contributed by atoms with Gasteiger partial charge in [-0.1, -0.05) is 61.1 Å². The molecule has 0 aromatic carbocycles. The van der Waals surface area contributed by atoms with Crippen LogP contribution in [-0.2, 0) is 23.7 Å². The highest BCUT2D eigenvalue weighted by molar-refractivity contribution is 5.82. The molecule has 0 aromatic heterocycles. The average Bonchev–Trinajstić information content (AvgIpc) is 3.61. The second-order valence-electron chi connectivity index (χ2n) is 11.0. The van der Waals surface area contributed by atoms with Crippen LogP contribution in [0.15, 0.2) is 60.3 Å². The first-order valence-corrected chi connectivity index (χ1v) is 13.6. The number of ether oxygens (including phenoxy) is 4. The fourth-order valence-corrected chi connectivity index (χ4v) is 5.45. The molecule has 4 aliphatic heterocycles. The van der Waals surface area contributed by atoms with E-state index in [0.717, 1.165) is 31.3 Å². The second-order valence-corrected chi connectivity index (χ2v) is 11.0. The molecule has 7 heteroatoms. The van der Waals surface area contributed by atoms with Crippen LogP contribution in [0, 0.1) is 5.92 Å². The standard InChI is InChI=1S/C30H42O7/c1-19-12-13-34-23(15-19)10-11-25(31)27-18-28-30(37-28)26(32)17-21(3)14-20(2)16-24-8-4-6-22(35-24)7-5-9-29(33)36-27/h4-6,9-12,20,22-28,30-32H,3,7-8,13-18H2,1-2H3/b9-5-,11-10+/t20-,22-,23+,24-,25-,26-,27-,28+,30-/m0/s1. The van der Waals surface area contributed by atoms with Gasteiger partial charge in [-0.2, -0.15) is 0 Å². The number of carbonyl (C=O) groups is 1. The maximum atomic E-state index is 12.6. The maximum Gasteiger partial charge on any atom is 0.330 e. The molecule has 4 rings (SSSR count). The Kier molecular flexibility index (Phi) is 9.96. The van der Waals surface area contributed by atoms with Crippen LogP contribution >= 0.6 is 0 Å². The smallest absolute Gasteiger partial charge is 0.330 e. The number of aliphatic hydroxyl groups excluding tert-OH is 2. The molecule has 1 fully saturated rings. The highest BCUT2D eigenvalue weighted by Crippen LogP contribution is 2.35. The third-order valence-electron chi connectivity index (χ3n) is 7.44. The highest BCUT2D eigenvalue weighted by Gasteiger charge is 2.46. The molecule has 37 heavy (non-hydrogen) atoms. The van der Waals surface area contributed by atoms with Crippen LogP contribution in [0.4, 0.5) is 0 Å². The third-order valence-corrected chi connectivity index (χ3v) is 7.44. The van der Waals surface area contributed by atoms with Gasteiger partial charge >= 0.3 is 5.97 Å². The third kappa shape index (κ3) is 8.76. The quantitative estimate of drug-likeness (QED) is 0.332. The molecule has 0 unspecified atom stereocenters. The monoisotopic (exact) mass is 514 g/mol. The molecule has 0 saturated carbocycles. The SMILES string of the molecule is C=C1C[C@H](C)C[C@@H]2CC=C[C@@H](C/C=C\C(=O)O[C@H]([C@@H](O)/C=C/[C@@H]3CC(C)=CCO3)C[C@H]3O[C@H]3[C@@H](O)C1)O2. The van der Waals surface area contributed by atoms with Crippen molar-refractivity contribution < 1.29 is 34.0 Å². The number of carbonyl (C=O) groups excluding carboxylic acids is 1. The largest absolute Gasteiger partial charge is 0.456 e. The molecule has 4 heterocycles. The van der Waals surface area contributed by atoms with Crippen molar-refractivity contribution in [2.24, 2.45) is 5.92 Å². The first kappa shape index (κ1) is 28.0. The molecular weight excluding hydrogens is 472 g/mol. The van der Waals surface area contributed by atoms with Gasteiger partial charge in [0.05, 0.1) is 37.1 Å².